The summed E-state index contributed by atoms with van der Waals surface area (Å²) < 4.78 is 6.16. The number of likely N-dealkylation sites (tertiary alicyclic amines) is 1. The minimum atomic E-state index is -0.941. The van der Waals surface area contributed by atoms with Gasteiger partial charge in [-0.15, -0.1) is 0 Å². The predicted octanol–water partition coefficient (Wildman–Crippen LogP) is 6.75. The third-order valence-electron chi connectivity index (χ3n) is 7.92. The van der Waals surface area contributed by atoms with Crippen molar-refractivity contribution in [3.05, 3.63) is 71.3 Å². The number of carbonyl (C=O) groups excluding carboxylic acids is 1. The third-order valence-corrected chi connectivity index (χ3v) is 7.92. The summed E-state index contributed by atoms with van der Waals surface area (Å²) in [6.07, 6.45) is 12.7. The van der Waals surface area contributed by atoms with Crippen molar-refractivity contribution in [3.63, 3.8) is 0 Å². The van der Waals surface area contributed by atoms with E-state index in [1.807, 2.05) is 36.4 Å². The second-order valence-electron chi connectivity index (χ2n) is 11.1. The lowest BCUT2D eigenvalue weighted by atomic mass is 9.92. The topological polar surface area (TPSA) is 104 Å². The third kappa shape index (κ3) is 11.9. The van der Waals surface area contributed by atoms with E-state index in [-0.39, 0.29) is 23.8 Å². The second kappa shape index (κ2) is 17.4. The van der Waals surface area contributed by atoms with Crippen molar-refractivity contribution in [1.29, 1.82) is 0 Å². The summed E-state index contributed by atoms with van der Waals surface area (Å²) >= 11 is 0. The molecule has 0 aliphatic carbocycles. The molecule has 1 aliphatic rings. The van der Waals surface area contributed by atoms with Gasteiger partial charge in [0.1, 0.15) is 11.5 Å². The molecule has 1 atom stereocenters. The first-order valence-electron chi connectivity index (χ1n) is 15.0. The van der Waals surface area contributed by atoms with Gasteiger partial charge in [-0.2, -0.15) is 0 Å². The molecule has 7 nitrogen and oxygen atoms in total. The highest BCUT2D eigenvalue weighted by Gasteiger charge is 2.21. The highest BCUT2D eigenvalue weighted by Crippen LogP contribution is 2.24. The molecule has 41 heavy (non-hydrogen) atoms. The number of benzene rings is 2. The maximum absolute atomic E-state index is 11.6. The van der Waals surface area contributed by atoms with E-state index < -0.39 is 11.9 Å². The first kappa shape index (κ1) is 32.1. The maximum atomic E-state index is 11.6. The summed E-state index contributed by atoms with van der Waals surface area (Å²) in [6.45, 7) is 5.49. The van der Waals surface area contributed by atoms with Crippen LogP contribution in [0.5, 0.6) is 5.75 Å². The van der Waals surface area contributed by atoms with Crippen LogP contribution in [0, 0.1) is 11.8 Å². The number of ether oxygens (including phenoxy) is 1. The van der Waals surface area contributed by atoms with E-state index in [0.29, 0.717) is 18.8 Å². The summed E-state index contributed by atoms with van der Waals surface area (Å²) in [4.78, 5) is 36.2. The van der Waals surface area contributed by atoms with Gasteiger partial charge in [0.2, 0.25) is 0 Å². The van der Waals surface area contributed by atoms with Crippen molar-refractivity contribution >= 4 is 23.8 Å². The first-order valence-corrected chi connectivity index (χ1v) is 15.0. The van der Waals surface area contributed by atoms with E-state index >= 15 is 0 Å². The smallest absolute Gasteiger partial charge is 0.335 e. The Bertz CT molecular complexity index is 1130. The standard InChI is InChI=1S/C34H45NO6/c1-26(36)29-19-22-35(23-20-29)21-7-2-8-24-41-32-11-5-4-10-30(32)16-13-27(9-3-6-12-33(37)38)25-28-14-17-31(18-15-28)34(39)40/h4-5,10-11,13-18,27,29H,2-3,6-9,12,19-25H2,1H3,(H,37,38)(H,39,40). The summed E-state index contributed by atoms with van der Waals surface area (Å²) in [7, 11) is 0. The minimum absolute atomic E-state index is 0.165. The van der Waals surface area contributed by atoms with Gasteiger partial charge < -0.3 is 19.8 Å². The molecule has 0 bridgehead atoms. The lowest BCUT2D eigenvalue weighted by Gasteiger charge is -2.30. The number of aliphatic carboxylic acids is 1. The van der Waals surface area contributed by atoms with Gasteiger partial charge in [-0.3, -0.25) is 9.59 Å². The van der Waals surface area contributed by atoms with Gasteiger partial charge in [0.25, 0.3) is 0 Å². The number of piperidine rings is 1. The highest BCUT2D eigenvalue weighted by molar-refractivity contribution is 5.87. The molecular formula is C34H45NO6. The van der Waals surface area contributed by atoms with E-state index in [4.69, 9.17) is 9.84 Å². The van der Waals surface area contributed by atoms with Crippen LogP contribution in [0.1, 0.15) is 86.2 Å². The molecule has 0 radical (unpaired) electrons. The molecule has 1 aliphatic heterocycles. The average Bonchev–Trinajstić information content (AvgIpc) is 2.96. The highest BCUT2D eigenvalue weighted by atomic mass is 16.5. The van der Waals surface area contributed by atoms with Crippen molar-refractivity contribution in [2.24, 2.45) is 11.8 Å². The molecule has 1 heterocycles. The largest absolute Gasteiger partial charge is 0.493 e. The number of carboxylic acids is 2. The zero-order valence-electron chi connectivity index (χ0n) is 24.3. The van der Waals surface area contributed by atoms with Crippen molar-refractivity contribution in [3.8, 4) is 5.75 Å². The molecule has 1 unspecified atom stereocenters. The molecule has 222 valence electrons. The van der Waals surface area contributed by atoms with Crippen LogP contribution in [0.3, 0.4) is 0 Å². The van der Waals surface area contributed by atoms with E-state index in [2.05, 4.69) is 17.1 Å². The Hall–Kier alpha value is -3.45. The molecule has 0 saturated carbocycles. The number of Topliss-reactive ketones (excluding diaryl/α,β-unsaturated/α-hetero) is 1. The second-order valence-corrected chi connectivity index (χ2v) is 11.1. The van der Waals surface area contributed by atoms with Crippen molar-refractivity contribution in [1.82, 2.24) is 4.90 Å². The fraction of sp³-hybridized carbons (Fsp3) is 0.500. The van der Waals surface area contributed by atoms with Crippen LogP contribution in [-0.2, 0) is 16.0 Å². The fourth-order valence-electron chi connectivity index (χ4n) is 5.38. The molecule has 0 spiro atoms. The number of allylic oxidation sites excluding steroid dienone is 1. The Morgan fingerprint density at radius 1 is 0.951 bits per heavy atom. The van der Waals surface area contributed by atoms with Gasteiger partial charge in [-0.25, -0.2) is 4.79 Å². The summed E-state index contributed by atoms with van der Waals surface area (Å²) in [5.41, 5.74) is 2.33. The molecule has 2 aromatic rings. The number of carbonyl (C=O) groups is 3. The SMILES string of the molecule is CC(=O)C1CCN(CCCCCOc2ccccc2C=CC(CCCCC(=O)O)Cc2ccc(C(=O)O)cc2)CC1. The number of ketones is 1. The Balaban J connectivity index is 1.49. The number of rotatable bonds is 18. The van der Waals surface area contributed by atoms with Gasteiger partial charge in [0.05, 0.1) is 12.2 Å². The zero-order valence-corrected chi connectivity index (χ0v) is 24.3. The lowest BCUT2D eigenvalue weighted by Crippen LogP contribution is -2.36. The van der Waals surface area contributed by atoms with Crippen LogP contribution in [0.25, 0.3) is 6.08 Å². The van der Waals surface area contributed by atoms with Crippen LogP contribution in [0.15, 0.2) is 54.6 Å². The van der Waals surface area contributed by atoms with Crippen LogP contribution >= 0.6 is 0 Å². The molecule has 2 N–H and O–H groups in total. The molecule has 3 rings (SSSR count). The fourth-order valence-corrected chi connectivity index (χ4v) is 5.38. The number of hydrogen-bond acceptors (Lipinski definition) is 5. The molecule has 2 aromatic carbocycles. The Morgan fingerprint density at radius 3 is 2.37 bits per heavy atom. The molecule has 7 heteroatoms. The van der Waals surface area contributed by atoms with Gasteiger partial charge in [-0.05, 0) is 108 Å². The lowest BCUT2D eigenvalue weighted by molar-refractivity contribution is -0.137. The minimum Gasteiger partial charge on any atom is -0.493 e. The van der Waals surface area contributed by atoms with Crippen LogP contribution < -0.4 is 4.74 Å². The van der Waals surface area contributed by atoms with Gasteiger partial charge in [0, 0.05) is 17.9 Å². The monoisotopic (exact) mass is 563 g/mol. The average molecular weight is 564 g/mol. The Morgan fingerprint density at radius 2 is 1.68 bits per heavy atom. The summed E-state index contributed by atoms with van der Waals surface area (Å²) in [6, 6.07) is 15.0. The van der Waals surface area contributed by atoms with E-state index in [9.17, 15) is 19.5 Å². The predicted molar refractivity (Wildman–Crippen MR) is 161 cm³/mol. The van der Waals surface area contributed by atoms with Gasteiger partial charge in [-0.1, -0.05) is 48.9 Å². The zero-order chi connectivity index (χ0) is 29.5. The van der Waals surface area contributed by atoms with Crippen molar-refractivity contribution in [2.75, 3.05) is 26.2 Å². The number of aromatic carboxylic acids is 1. The Labute approximate surface area is 244 Å². The molecule has 0 amide bonds. The molecule has 0 aromatic heterocycles. The number of unbranched alkanes of at least 4 members (excludes halogenated alkanes) is 3. The van der Waals surface area contributed by atoms with E-state index in [1.54, 1.807) is 19.1 Å². The van der Waals surface area contributed by atoms with Crippen LogP contribution in [-0.4, -0.2) is 59.1 Å². The van der Waals surface area contributed by atoms with E-state index in [1.165, 1.54) is 0 Å². The van der Waals surface area contributed by atoms with Gasteiger partial charge >= 0.3 is 11.9 Å². The summed E-state index contributed by atoms with van der Waals surface area (Å²) in [5.74, 6) is -0.0915. The van der Waals surface area contributed by atoms with E-state index in [0.717, 1.165) is 87.9 Å². The molecule has 1 saturated heterocycles. The van der Waals surface area contributed by atoms with Crippen molar-refractivity contribution in [2.45, 2.75) is 71.1 Å². The number of para-hydroxylation sites is 1. The van der Waals surface area contributed by atoms with Crippen molar-refractivity contribution < 1.29 is 29.3 Å². The summed E-state index contributed by atoms with van der Waals surface area (Å²) in [5, 5.41) is 18.2. The quantitative estimate of drug-likeness (QED) is 0.193. The Kier molecular flexibility index (Phi) is 13.6. The first-order chi connectivity index (χ1) is 19.8. The van der Waals surface area contributed by atoms with Crippen LogP contribution in [0.2, 0.25) is 0 Å². The number of nitrogens with zero attached hydrogens (tertiary/aromatic N) is 1. The van der Waals surface area contributed by atoms with Crippen LogP contribution in [0.4, 0.5) is 0 Å². The maximum Gasteiger partial charge on any atom is 0.335 e. The molecular weight excluding hydrogens is 518 g/mol. The number of carboxylic acid groups (broad SMARTS) is 2. The molecule has 1 fully saturated rings. The number of hydrogen-bond donors (Lipinski definition) is 2. The van der Waals surface area contributed by atoms with Gasteiger partial charge in [0.15, 0.2) is 0 Å². The normalized spacial score (nSPS) is 15.1.